The molecule has 0 saturated heterocycles. The average molecular weight is 370 g/mol. The fourth-order valence-corrected chi connectivity index (χ4v) is 2.24. The molecule has 6 nitrogen and oxygen atoms in total. The molecule has 0 aliphatic rings. The van der Waals surface area contributed by atoms with E-state index in [1.165, 1.54) is 6.92 Å². The van der Waals surface area contributed by atoms with Crippen LogP contribution >= 0.6 is 27.5 Å². The Hall–Kier alpha value is -1.38. The first kappa shape index (κ1) is 16.7. The van der Waals surface area contributed by atoms with Crippen LogP contribution in [0.3, 0.4) is 0 Å². The predicted molar refractivity (Wildman–Crippen MR) is 74.4 cm³/mol. The van der Waals surface area contributed by atoms with E-state index in [9.17, 15) is 19.1 Å². The van der Waals surface area contributed by atoms with Crippen LogP contribution in [0.5, 0.6) is 0 Å². The van der Waals surface area contributed by atoms with Crippen LogP contribution in [0.4, 0.5) is 14.9 Å². The van der Waals surface area contributed by atoms with Crippen LogP contribution < -0.4 is 10.6 Å². The maximum absolute atomic E-state index is 13.0. The van der Waals surface area contributed by atoms with Gasteiger partial charge in [0, 0.05) is 4.47 Å². The average Bonchev–Trinajstić information content (AvgIpc) is 2.29. The normalized spacial score (nSPS) is 13.4. The Morgan fingerprint density at radius 2 is 2.05 bits per heavy atom. The summed E-state index contributed by atoms with van der Waals surface area (Å²) in [6.45, 7) is 1.22. The van der Waals surface area contributed by atoms with Crippen LogP contribution in [0.2, 0.25) is 5.02 Å². The zero-order valence-corrected chi connectivity index (χ0v) is 12.5. The Bertz CT molecular complexity index is 518. The summed E-state index contributed by atoms with van der Waals surface area (Å²) in [5, 5.41) is 22.3. The highest BCUT2D eigenvalue weighted by Gasteiger charge is 2.25. The highest BCUT2D eigenvalue weighted by molar-refractivity contribution is 9.10. The fraction of sp³-hybridized carbons (Fsp3) is 0.273. The van der Waals surface area contributed by atoms with Gasteiger partial charge in [-0.15, -0.1) is 0 Å². The van der Waals surface area contributed by atoms with Gasteiger partial charge < -0.3 is 20.8 Å². The minimum absolute atomic E-state index is 0.0593. The van der Waals surface area contributed by atoms with E-state index in [0.29, 0.717) is 0 Å². The number of hydrogen-bond donors (Lipinski definition) is 4. The molecule has 4 N–H and O–H groups in total. The molecule has 0 aromatic heterocycles. The first-order valence-corrected chi connectivity index (χ1v) is 6.52. The van der Waals surface area contributed by atoms with Gasteiger partial charge in [0.25, 0.3) is 0 Å². The van der Waals surface area contributed by atoms with E-state index in [0.717, 1.165) is 12.1 Å². The predicted octanol–water partition coefficient (Wildman–Crippen LogP) is 2.20. The molecule has 0 fully saturated rings. The number of carbonyl (C=O) groups excluding carboxylic acids is 1. The Kier molecular flexibility index (Phi) is 5.73. The zero-order chi connectivity index (χ0) is 15.4. The number of aliphatic carboxylic acids is 1. The number of halogens is 3. The minimum atomic E-state index is -1.48. The number of amides is 2. The molecule has 110 valence electrons. The summed E-state index contributed by atoms with van der Waals surface area (Å²) in [7, 11) is 0. The van der Waals surface area contributed by atoms with Crippen molar-refractivity contribution in [3.8, 4) is 0 Å². The molecule has 2 atom stereocenters. The van der Waals surface area contributed by atoms with Crippen LogP contribution in [0.15, 0.2) is 16.6 Å². The van der Waals surface area contributed by atoms with E-state index in [2.05, 4.69) is 26.6 Å². The van der Waals surface area contributed by atoms with Crippen molar-refractivity contribution in [2.75, 3.05) is 5.32 Å². The maximum atomic E-state index is 13.0. The van der Waals surface area contributed by atoms with E-state index < -0.39 is 30.0 Å². The topological polar surface area (TPSA) is 98.7 Å². The van der Waals surface area contributed by atoms with Crippen molar-refractivity contribution in [1.29, 1.82) is 0 Å². The second-order valence-electron chi connectivity index (χ2n) is 3.90. The van der Waals surface area contributed by atoms with Crippen molar-refractivity contribution < 1.29 is 24.2 Å². The summed E-state index contributed by atoms with van der Waals surface area (Å²) in [6, 6.07) is -0.295. The lowest BCUT2D eigenvalue weighted by Gasteiger charge is -2.18. The van der Waals surface area contributed by atoms with Gasteiger partial charge in [-0.25, -0.2) is 14.0 Å². The number of benzene rings is 1. The van der Waals surface area contributed by atoms with Crippen molar-refractivity contribution in [2.45, 2.75) is 19.1 Å². The number of anilines is 1. The molecule has 0 saturated carbocycles. The third-order valence-corrected chi connectivity index (χ3v) is 3.20. The van der Waals surface area contributed by atoms with Crippen molar-refractivity contribution in [3.05, 3.63) is 27.4 Å². The first-order chi connectivity index (χ1) is 9.22. The van der Waals surface area contributed by atoms with Gasteiger partial charge in [-0.3, -0.25) is 0 Å². The minimum Gasteiger partial charge on any atom is -0.480 e. The molecule has 0 radical (unpaired) electrons. The number of hydrogen-bond acceptors (Lipinski definition) is 3. The molecule has 0 bridgehead atoms. The van der Waals surface area contributed by atoms with E-state index in [1.807, 2.05) is 0 Å². The summed E-state index contributed by atoms with van der Waals surface area (Å²) < 4.78 is 13.2. The second kappa shape index (κ2) is 6.87. The van der Waals surface area contributed by atoms with Crippen molar-refractivity contribution in [2.24, 2.45) is 0 Å². The van der Waals surface area contributed by atoms with Gasteiger partial charge in [0.1, 0.15) is 5.82 Å². The largest absolute Gasteiger partial charge is 0.480 e. The molecule has 9 heteroatoms. The number of aliphatic hydroxyl groups excluding tert-OH is 1. The van der Waals surface area contributed by atoms with E-state index in [-0.39, 0.29) is 15.2 Å². The van der Waals surface area contributed by atoms with Crippen molar-refractivity contribution >= 4 is 45.2 Å². The smallest absolute Gasteiger partial charge is 0.328 e. The molecule has 20 heavy (non-hydrogen) atoms. The van der Waals surface area contributed by atoms with Crippen molar-refractivity contribution in [1.82, 2.24) is 5.32 Å². The highest BCUT2D eigenvalue weighted by Crippen LogP contribution is 2.31. The van der Waals surface area contributed by atoms with Crippen LogP contribution in [-0.4, -0.2) is 34.4 Å². The summed E-state index contributed by atoms with van der Waals surface area (Å²) in [5.41, 5.74) is 0.0836. The van der Waals surface area contributed by atoms with E-state index >= 15 is 0 Å². The lowest BCUT2D eigenvalue weighted by molar-refractivity contribution is -0.141. The second-order valence-corrected chi connectivity index (χ2v) is 5.16. The summed E-state index contributed by atoms with van der Waals surface area (Å²) >= 11 is 8.78. The lowest BCUT2D eigenvalue weighted by Crippen LogP contribution is -2.49. The Morgan fingerprint density at radius 3 is 2.50 bits per heavy atom. The summed E-state index contributed by atoms with van der Waals surface area (Å²) in [4.78, 5) is 22.5. The Balaban J connectivity index is 2.84. The number of carboxylic acid groups (broad SMARTS) is 1. The van der Waals surface area contributed by atoms with Gasteiger partial charge in [0.2, 0.25) is 0 Å². The van der Waals surface area contributed by atoms with Gasteiger partial charge >= 0.3 is 12.0 Å². The Morgan fingerprint density at radius 1 is 1.45 bits per heavy atom. The van der Waals surface area contributed by atoms with Crippen LogP contribution in [0, 0.1) is 5.82 Å². The number of nitrogens with one attached hydrogen (secondary N) is 2. The molecule has 2 amide bonds. The molecular formula is C11H11BrClFN2O4. The quantitative estimate of drug-likeness (QED) is 0.654. The number of urea groups is 1. The number of rotatable bonds is 4. The molecule has 2 unspecified atom stereocenters. The van der Waals surface area contributed by atoms with Crippen LogP contribution in [0.25, 0.3) is 0 Å². The zero-order valence-electron chi connectivity index (χ0n) is 10.2. The maximum Gasteiger partial charge on any atom is 0.328 e. The number of aliphatic hydroxyl groups is 1. The Labute approximate surface area is 127 Å². The fourth-order valence-electron chi connectivity index (χ4n) is 1.34. The molecule has 1 rings (SSSR count). The van der Waals surface area contributed by atoms with Gasteiger partial charge in [0.15, 0.2) is 6.04 Å². The van der Waals surface area contributed by atoms with E-state index in [1.54, 1.807) is 0 Å². The molecule has 1 aromatic rings. The first-order valence-electron chi connectivity index (χ1n) is 5.35. The van der Waals surface area contributed by atoms with E-state index in [4.69, 9.17) is 16.7 Å². The third kappa shape index (κ3) is 4.32. The number of carboxylic acids is 1. The molecule has 0 aliphatic heterocycles. The third-order valence-electron chi connectivity index (χ3n) is 2.28. The monoisotopic (exact) mass is 368 g/mol. The molecule has 0 aliphatic carbocycles. The summed E-state index contributed by atoms with van der Waals surface area (Å²) in [6.07, 6.45) is -1.29. The molecule has 0 heterocycles. The summed E-state index contributed by atoms with van der Waals surface area (Å²) in [5.74, 6) is -1.99. The van der Waals surface area contributed by atoms with Crippen LogP contribution in [-0.2, 0) is 4.79 Å². The van der Waals surface area contributed by atoms with Gasteiger partial charge in [0.05, 0.1) is 16.8 Å². The van der Waals surface area contributed by atoms with Gasteiger partial charge in [-0.1, -0.05) is 11.6 Å². The SMILES string of the molecule is CC(O)C(NC(=O)Nc1c(Cl)cc(F)cc1Br)C(=O)O. The number of carbonyl (C=O) groups is 2. The highest BCUT2D eigenvalue weighted by atomic mass is 79.9. The lowest BCUT2D eigenvalue weighted by atomic mass is 10.2. The van der Waals surface area contributed by atoms with Gasteiger partial charge in [-0.05, 0) is 35.0 Å². The van der Waals surface area contributed by atoms with Gasteiger partial charge in [-0.2, -0.15) is 0 Å². The van der Waals surface area contributed by atoms with Crippen LogP contribution in [0.1, 0.15) is 6.92 Å². The molecular weight excluding hydrogens is 358 g/mol. The molecule has 1 aromatic carbocycles. The van der Waals surface area contributed by atoms with Crippen molar-refractivity contribution in [3.63, 3.8) is 0 Å². The standard InChI is InChI=1S/C11H11BrClFN2O4/c1-4(17)8(10(18)19)15-11(20)16-9-6(12)2-5(14)3-7(9)13/h2-4,8,17H,1H3,(H,18,19)(H2,15,16,20). The molecule has 0 spiro atoms.